The van der Waals surface area contributed by atoms with E-state index < -0.39 is 0 Å². The SMILES string of the molecule is COc1ccc(C2CCc3cc(O)ccc3C2)c(NCCCc2ccc(OCCN3CCC3)c(F)c2)c1. The number of aryl methyl sites for hydroxylation is 2. The molecule has 1 fully saturated rings. The summed E-state index contributed by atoms with van der Waals surface area (Å²) in [6, 6.07) is 17.3. The van der Waals surface area contributed by atoms with E-state index in [1.54, 1.807) is 25.3 Å². The maximum Gasteiger partial charge on any atom is 0.165 e. The Balaban J connectivity index is 1.16. The first-order valence-corrected chi connectivity index (χ1v) is 13.4. The van der Waals surface area contributed by atoms with Crippen LogP contribution in [0.4, 0.5) is 10.1 Å². The fourth-order valence-electron chi connectivity index (χ4n) is 5.40. The number of phenols is 1. The summed E-state index contributed by atoms with van der Waals surface area (Å²) in [4.78, 5) is 2.31. The summed E-state index contributed by atoms with van der Waals surface area (Å²) in [7, 11) is 1.69. The van der Waals surface area contributed by atoms with Crippen molar-refractivity contribution in [3.63, 3.8) is 0 Å². The number of benzene rings is 3. The number of anilines is 1. The zero-order valence-corrected chi connectivity index (χ0v) is 21.6. The third-order valence-corrected chi connectivity index (χ3v) is 7.69. The van der Waals surface area contributed by atoms with E-state index >= 15 is 0 Å². The molecule has 5 nitrogen and oxygen atoms in total. The number of hydrogen-bond acceptors (Lipinski definition) is 5. The summed E-state index contributed by atoms with van der Waals surface area (Å²) in [5, 5.41) is 13.4. The predicted molar refractivity (Wildman–Crippen MR) is 146 cm³/mol. The van der Waals surface area contributed by atoms with Gasteiger partial charge in [-0.3, -0.25) is 4.90 Å². The highest BCUT2D eigenvalue weighted by Gasteiger charge is 2.23. The molecular formula is C31H37FN2O3. The highest BCUT2D eigenvalue weighted by atomic mass is 19.1. The highest BCUT2D eigenvalue weighted by Crippen LogP contribution is 2.38. The summed E-state index contributed by atoms with van der Waals surface area (Å²) in [5.41, 5.74) is 5.94. The van der Waals surface area contributed by atoms with E-state index in [0.717, 1.165) is 75.3 Å². The van der Waals surface area contributed by atoms with Gasteiger partial charge < -0.3 is 19.9 Å². The summed E-state index contributed by atoms with van der Waals surface area (Å²) in [6.45, 7) is 4.41. The van der Waals surface area contributed by atoms with Gasteiger partial charge in [-0.2, -0.15) is 0 Å². The average molecular weight is 505 g/mol. The van der Waals surface area contributed by atoms with Gasteiger partial charge in [0.1, 0.15) is 18.1 Å². The lowest BCUT2D eigenvalue weighted by Crippen LogP contribution is -2.39. The molecule has 0 saturated carbocycles. The standard InChI is InChI=1S/C31H37FN2O3/c1-36-27-10-11-28(25-7-6-24-20-26(35)9-8-23(24)19-25)30(21-27)33-13-2-4-22-5-12-31(29(32)18-22)37-17-16-34-14-3-15-34/h5,8-12,18,20-21,25,33,35H,2-4,6-7,13-17,19H2,1H3. The lowest BCUT2D eigenvalue weighted by atomic mass is 9.79. The third-order valence-electron chi connectivity index (χ3n) is 7.69. The van der Waals surface area contributed by atoms with E-state index in [2.05, 4.69) is 28.4 Å². The van der Waals surface area contributed by atoms with E-state index in [-0.39, 0.29) is 5.82 Å². The number of likely N-dealkylation sites (tertiary alicyclic amines) is 1. The zero-order chi connectivity index (χ0) is 25.6. The second kappa shape index (κ2) is 11.9. The number of halogens is 1. The monoisotopic (exact) mass is 504 g/mol. The fraction of sp³-hybridized carbons (Fsp3) is 0.419. The van der Waals surface area contributed by atoms with Crippen molar-refractivity contribution >= 4 is 5.69 Å². The molecule has 3 aromatic carbocycles. The minimum absolute atomic E-state index is 0.282. The van der Waals surface area contributed by atoms with Gasteiger partial charge in [-0.15, -0.1) is 0 Å². The van der Waals surface area contributed by atoms with E-state index in [1.807, 2.05) is 18.2 Å². The maximum absolute atomic E-state index is 14.5. The van der Waals surface area contributed by atoms with Crippen molar-refractivity contribution < 1.29 is 19.0 Å². The number of ether oxygens (including phenoxy) is 2. The van der Waals surface area contributed by atoms with E-state index in [1.165, 1.54) is 23.1 Å². The van der Waals surface area contributed by atoms with Gasteiger partial charge in [0.05, 0.1) is 7.11 Å². The maximum atomic E-state index is 14.5. The van der Waals surface area contributed by atoms with E-state index in [4.69, 9.17) is 9.47 Å². The molecular weight excluding hydrogens is 467 g/mol. The number of hydrogen-bond donors (Lipinski definition) is 2. The lowest BCUT2D eigenvalue weighted by Gasteiger charge is -2.30. The average Bonchev–Trinajstić information content (AvgIpc) is 2.88. The molecule has 1 heterocycles. The Morgan fingerprint density at radius 2 is 1.95 bits per heavy atom. The number of aromatic hydroxyl groups is 1. The van der Waals surface area contributed by atoms with Crippen LogP contribution in [0, 0.1) is 5.82 Å². The highest BCUT2D eigenvalue weighted by molar-refractivity contribution is 5.57. The van der Waals surface area contributed by atoms with Crippen LogP contribution < -0.4 is 14.8 Å². The molecule has 1 aliphatic heterocycles. The third kappa shape index (κ3) is 6.37. The molecule has 37 heavy (non-hydrogen) atoms. The normalized spacial score (nSPS) is 17.1. The molecule has 1 saturated heterocycles. The van der Waals surface area contributed by atoms with Crippen LogP contribution in [-0.2, 0) is 19.3 Å². The number of fused-ring (bicyclic) bond motifs is 1. The van der Waals surface area contributed by atoms with Crippen LogP contribution in [-0.4, -0.2) is 49.9 Å². The van der Waals surface area contributed by atoms with Crippen LogP contribution in [0.25, 0.3) is 0 Å². The van der Waals surface area contributed by atoms with Gasteiger partial charge in [-0.25, -0.2) is 4.39 Å². The second-order valence-electron chi connectivity index (χ2n) is 10.2. The van der Waals surface area contributed by atoms with Crippen molar-refractivity contribution in [3.05, 3.63) is 82.7 Å². The van der Waals surface area contributed by atoms with Crippen molar-refractivity contribution in [1.82, 2.24) is 4.90 Å². The van der Waals surface area contributed by atoms with Gasteiger partial charge in [-0.1, -0.05) is 18.2 Å². The summed E-state index contributed by atoms with van der Waals surface area (Å²) in [6.07, 6.45) is 5.89. The zero-order valence-electron chi connectivity index (χ0n) is 21.6. The fourth-order valence-corrected chi connectivity index (χ4v) is 5.40. The largest absolute Gasteiger partial charge is 0.508 e. The summed E-state index contributed by atoms with van der Waals surface area (Å²) in [5.74, 6) is 1.64. The summed E-state index contributed by atoms with van der Waals surface area (Å²) >= 11 is 0. The number of methoxy groups -OCH3 is 1. The molecule has 0 bridgehead atoms. The van der Waals surface area contributed by atoms with Crippen molar-refractivity contribution in [1.29, 1.82) is 0 Å². The quantitative estimate of drug-likeness (QED) is 0.317. The first kappa shape index (κ1) is 25.4. The Kier molecular flexibility index (Phi) is 8.15. The van der Waals surface area contributed by atoms with Gasteiger partial charge in [0, 0.05) is 24.8 Å². The van der Waals surface area contributed by atoms with E-state index in [9.17, 15) is 9.50 Å². The Bertz CT molecular complexity index is 1210. The van der Waals surface area contributed by atoms with Crippen LogP contribution in [0.3, 0.4) is 0 Å². The second-order valence-corrected chi connectivity index (χ2v) is 10.2. The van der Waals surface area contributed by atoms with E-state index in [0.29, 0.717) is 24.0 Å². The minimum Gasteiger partial charge on any atom is -0.508 e. The van der Waals surface area contributed by atoms with Gasteiger partial charge in [0.2, 0.25) is 0 Å². The predicted octanol–water partition coefficient (Wildman–Crippen LogP) is 5.94. The topological polar surface area (TPSA) is 54.0 Å². The van der Waals surface area contributed by atoms with Gasteiger partial charge >= 0.3 is 0 Å². The van der Waals surface area contributed by atoms with Crippen molar-refractivity contribution in [3.8, 4) is 17.2 Å². The first-order chi connectivity index (χ1) is 18.1. The molecule has 0 amide bonds. The smallest absolute Gasteiger partial charge is 0.165 e. The molecule has 0 spiro atoms. The number of rotatable bonds is 11. The number of phenolic OH excluding ortho intramolecular Hbond substituents is 1. The van der Waals surface area contributed by atoms with Crippen LogP contribution >= 0.6 is 0 Å². The minimum atomic E-state index is -0.282. The van der Waals surface area contributed by atoms with Crippen LogP contribution in [0.5, 0.6) is 17.2 Å². The molecule has 3 aromatic rings. The van der Waals surface area contributed by atoms with Crippen molar-refractivity contribution in [2.75, 3.05) is 45.2 Å². The Morgan fingerprint density at radius 3 is 2.73 bits per heavy atom. The molecule has 2 N–H and O–H groups in total. The first-order valence-electron chi connectivity index (χ1n) is 13.4. The molecule has 1 unspecified atom stereocenters. The van der Waals surface area contributed by atoms with Crippen LogP contribution in [0.2, 0.25) is 0 Å². The molecule has 0 radical (unpaired) electrons. The number of nitrogens with one attached hydrogen (secondary N) is 1. The number of nitrogens with zero attached hydrogens (tertiary/aromatic N) is 1. The van der Waals surface area contributed by atoms with Crippen LogP contribution in [0.1, 0.15) is 47.4 Å². The Hall–Kier alpha value is -3.25. The summed E-state index contributed by atoms with van der Waals surface area (Å²) < 4.78 is 25.7. The van der Waals surface area contributed by atoms with Gasteiger partial charge in [0.15, 0.2) is 11.6 Å². The molecule has 0 aromatic heterocycles. The lowest BCUT2D eigenvalue weighted by molar-refractivity contribution is 0.145. The van der Waals surface area contributed by atoms with Crippen molar-refractivity contribution in [2.24, 2.45) is 0 Å². The van der Waals surface area contributed by atoms with Crippen LogP contribution in [0.15, 0.2) is 54.6 Å². The molecule has 6 heteroatoms. The van der Waals surface area contributed by atoms with Crippen molar-refractivity contribution in [2.45, 2.75) is 44.4 Å². The molecule has 196 valence electrons. The Morgan fingerprint density at radius 1 is 1.05 bits per heavy atom. The van der Waals surface area contributed by atoms with Gasteiger partial charge in [0.25, 0.3) is 0 Å². The Labute approximate surface area is 219 Å². The molecule has 5 rings (SSSR count). The molecule has 2 aliphatic rings. The molecule has 1 aliphatic carbocycles. The molecule has 1 atom stereocenters. The van der Waals surface area contributed by atoms with Gasteiger partial charge in [-0.05, 0) is 110 Å².